The highest BCUT2D eigenvalue weighted by molar-refractivity contribution is 5.63. The Morgan fingerprint density at radius 1 is 0.722 bits per heavy atom. The van der Waals surface area contributed by atoms with Crippen molar-refractivity contribution in [1.82, 2.24) is 0 Å². The Kier molecular flexibility index (Phi) is 3.01. The number of nitrogens with zero attached hydrogens (tertiary/aromatic N) is 2. The molecule has 92 valence electrons. The molecule has 2 aromatic rings. The smallest absolute Gasteiger partial charge is 0.169 e. The van der Waals surface area contributed by atoms with Crippen molar-refractivity contribution in [2.24, 2.45) is 10.2 Å². The molecule has 0 unspecified atom stereocenters. The van der Waals surface area contributed by atoms with Crippen molar-refractivity contribution in [3.8, 4) is 23.0 Å². The van der Waals surface area contributed by atoms with E-state index in [2.05, 4.69) is 10.2 Å². The highest BCUT2D eigenvalue weighted by Gasteiger charge is 2.09. The second kappa shape index (κ2) is 4.62. The van der Waals surface area contributed by atoms with Crippen LogP contribution in [0, 0.1) is 0 Å². The van der Waals surface area contributed by atoms with Crippen molar-refractivity contribution in [1.29, 1.82) is 0 Å². The minimum absolute atomic E-state index is 0.0704. The number of phenols is 4. The summed E-state index contributed by atoms with van der Waals surface area (Å²) in [4.78, 5) is 0. The van der Waals surface area contributed by atoms with E-state index in [9.17, 15) is 15.3 Å². The quantitative estimate of drug-likeness (QED) is 0.611. The predicted molar refractivity (Wildman–Crippen MR) is 63.7 cm³/mol. The standard InChI is InChI=1S/C12H10N2O4/c15-7-5-10(17)12(11(18)6-7)14-13-8-3-1-2-4-9(8)16/h1-6,15-18H. The lowest BCUT2D eigenvalue weighted by Crippen LogP contribution is -1.72. The fraction of sp³-hybridized carbons (Fsp3) is 0. The Morgan fingerprint density at radius 2 is 1.33 bits per heavy atom. The van der Waals surface area contributed by atoms with Crippen molar-refractivity contribution < 1.29 is 20.4 Å². The van der Waals surface area contributed by atoms with Gasteiger partial charge in [-0.05, 0) is 12.1 Å². The number of azo groups is 1. The molecule has 0 aliphatic carbocycles. The highest BCUT2D eigenvalue weighted by atomic mass is 16.3. The van der Waals surface area contributed by atoms with Crippen LogP contribution in [0.5, 0.6) is 23.0 Å². The maximum absolute atomic E-state index is 9.48. The summed E-state index contributed by atoms with van der Waals surface area (Å²) in [5.74, 6) is -1.18. The van der Waals surface area contributed by atoms with E-state index in [-0.39, 0.29) is 22.9 Å². The number of rotatable bonds is 2. The molecule has 0 atom stereocenters. The number of para-hydroxylation sites is 1. The maximum Gasteiger partial charge on any atom is 0.169 e. The normalized spacial score (nSPS) is 10.9. The van der Waals surface area contributed by atoms with Gasteiger partial charge in [0.2, 0.25) is 0 Å². The molecular weight excluding hydrogens is 236 g/mol. The average Bonchev–Trinajstić information content (AvgIpc) is 2.30. The molecule has 0 saturated heterocycles. The van der Waals surface area contributed by atoms with Crippen LogP contribution in [0.4, 0.5) is 11.4 Å². The third kappa shape index (κ3) is 2.32. The van der Waals surface area contributed by atoms with Crippen LogP contribution >= 0.6 is 0 Å². The van der Waals surface area contributed by atoms with E-state index in [0.717, 1.165) is 12.1 Å². The molecule has 6 nitrogen and oxygen atoms in total. The van der Waals surface area contributed by atoms with Crippen LogP contribution in [0.15, 0.2) is 46.6 Å². The highest BCUT2D eigenvalue weighted by Crippen LogP contribution is 2.40. The fourth-order valence-corrected chi connectivity index (χ4v) is 1.34. The van der Waals surface area contributed by atoms with Crippen LogP contribution in [0.1, 0.15) is 0 Å². The van der Waals surface area contributed by atoms with Gasteiger partial charge in [-0.2, -0.15) is 0 Å². The van der Waals surface area contributed by atoms with Crippen molar-refractivity contribution in [3.05, 3.63) is 36.4 Å². The molecular formula is C12H10N2O4. The molecule has 0 aromatic heterocycles. The van der Waals surface area contributed by atoms with E-state index in [4.69, 9.17) is 5.11 Å². The first kappa shape index (κ1) is 11.7. The van der Waals surface area contributed by atoms with Crippen LogP contribution in [0.25, 0.3) is 0 Å². The van der Waals surface area contributed by atoms with Crippen LogP contribution in [-0.4, -0.2) is 20.4 Å². The minimum Gasteiger partial charge on any atom is -0.508 e. The zero-order valence-electron chi connectivity index (χ0n) is 9.15. The van der Waals surface area contributed by atoms with Crippen LogP contribution in [0.3, 0.4) is 0 Å². The molecule has 0 aliphatic rings. The maximum atomic E-state index is 9.48. The summed E-state index contributed by atoms with van der Waals surface area (Å²) in [6.07, 6.45) is 0. The molecule has 4 N–H and O–H groups in total. The first-order chi connectivity index (χ1) is 8.58. The van der Waals surface area contributed by atoms with Gasteiger partial charge in [-0.3, -0.25) is 0 Å². The van der Waals surface area contributed by atoms with Gasteiger partial charge in [-0.25, -0.2) is 0 Å². The zero-order chi connectivity index (χ0) is 13.1. The molecule has 2 rings (SSSR count). The third-order valence-electron chi connectivity index (χ3n) is 2.19. The van der Waals surface area contributed by atoms with Crippen LogP contribution < -0.4 is 0 Å². The summed E-state index contributed by atoms with van der Waals surface area (Å²) in [6, 6.07) is 8.30. The van der Waals surface area contributed by atoms with Gasteiger partial charge in [0.1, 0.15) is 17.2 Å². The SMILES string of the molecule is Oc1cc(O)c(N=Nc2ccccc2O)c(O)c1. The second-order valence-corrected chi connectivity index (χ2v) is 3.52. The molecule has 0 amide bonds. The lowest BCUT2D eigenvalue weighted by atomic mass is 10.2. The molecule has 0 spiro atoms. The van der Waals surface area contributed by atoms with E-state index < -0.39 is 11.5 Å². The fourth-order valence-electron chi connectivity index (χ4n) is 1.34. The molecule has 0 saturated carbocycles. The van der Waals surface area contributed by atoms with Crippen molar-refractivity contribution in [2.45, 2.75) is 0 Å². The number of hydrogen-bond donors (Lipinski definition) is 4. The predicted octanol–water partition coefficient (Wildman–Crippen LogP) is 2.92. The monoisotopic (exact) mass is 246 g/mol. The Labute approximate surface area is 102 Å². The first-order valence-corrected chi connectivity index (χ1v) is 5.02. The Morgan fingerprint density at radius 3 is 1.94 bits per heavy atom. The average molecular weight is 246 g/mol. The van der Waals surface area contributed by atoms with Crippen LogP contribution in [-0.2, 0) is 0 Å². The first-order valence-electron chi connectivity index (χ1n) is 5.02. The number of hydrogen-bond acceptors (Lipinski definition) is 6. The summed E-state index contributed by atoms with van der Waals surface area (Å²) in [5.41, 5.74) is 0.0143. The van der Waals surface area contributed by atoms with E-state index in [1.165, 1.54) is 12.1 Å². The van der Waals surface area contributed by atoms with Crippen molar-refractivity contribution >= 4 is 11.4 Å². The van der Waals surface area contributed by atoms with Gasteiger partial charge < -0.3 is 20.4 Å². The Balaban J connectivity index is 2.38. The summed E-state index contributed by atoms with van der Waals surface area (Å²) in [6.45, 7) is 0. The molecule has 6 heteroatoms. The Bertz CT molecular complexity index is 588. The molecule has 18 heavy (non-hydrogen) atoms. The Hall–Kier alpha value is -2.76. The van der Waals surface area contributed by atoms with Gasteiger partial charge in [0.15, 0.2) is 17.2 Å². The van der Waals surface area contributed by atoms with Crippen LogP contribution in [0.2, 0.25) is 0 Å². The summed E-state index contributed by atoms with van der Waals surface area (Å²) in [7, 11) is 0. The van der Waals surface area contributed by atoms with Gasteiger partial charge >= 0.3 is 0 Å². The lowest BCUT2D eigenvalue weighted by molar-refractivity contribution is 0.429. The van der Waals surface area contributed by atoms with E-state index >= 15 is 0 Å². The molecule has 0 aliphatic heterocycles. The van der Waals surface area contributed by atoms with E-state index in [1.807, 2.05) is 0 Å². The molecule has 0 bridgehead atoms. The summed E-state index contributed by atoms with van der Waals surface area (Å²) in [5, 5.41) is 44.9. The minimum atomic E-state index is -0.410. The molecule has 0 fully saturated rings. The number of aromatic hydroxyl groups is 4. The number of benzene rings is 2. The van der Waals surface area contributed by atoms with E-state index in [0.29, 0.717) is 0 Å². The lowest BCUT2D eigenvalue weighted by Gasteiger charge is -2.02. The van der Waals surface area contributed by atoms with Gasteiger partial charge in [-0.15, -0.1) is 10.2 Å². The summed E-state index contributed by atoms with van der Waals surface area (Å²) >= 11 is 0. The second-order valence-electron chi connectivity index (χ2n) is 3.52. The van der Waals surface area contributed by atoms with Crippen molar-refractivity contribution in [2.75, 3.05) is 0 Å². The van der Waals surface area contributed by atoms with Gasteiger partial charge in [0.25, 0.3) is 0 Å². The van der Waals surface area contributed by atoms with E-state index in [1.54, 1.807) is 12.1 Å². The van der Waals surface area contributed by atoms with Gasteiger partial charge in [-0.1, -0.05) is 12.1 Å². The van der Waals surface area contributed by atoms with Crippen molar-refractivity contribution in [3.63, 3.8) is 0 Å². The topological polar surface area (TPSA) is 106 Å². The molecule has 0 heterocycles. The largest absolute Gasteiger partial charge is 0.508 e. The van der Waals surface area contributed by atoms with Gasteiger partial charge in [0.05, 0.1) is 0 Å². The molecule has 2 aromatic carbocycles. The number of phenolic OH excluding ortho intramolecular Hbond substituents is 4. The molecule has 0 radical (unpaired) electrons. The third-order valence-corrected chi connectivity index (χ3v) is 2.19. The van der Waals surface area contributed by atoms with Gasteiger partial charge in [0, 0.05) is 12.1 Å². The zero-order valence-corrected chi connectivity index (χ0v) is 9.15. The summed E-state index contributed by atoms with van der Waals surface area (Å²) < 4.78 is 0.